The summed E-state index contributed by atoms with van der Waals surface area (Å²) in [6, 6.07) is 7.43. The van der Waals surface area contributed by atoms with E-state index >= 15 is 0 Å². The number of hydrogen-bond acceptors (Lipinski definition) is 6. The van der Waals surface area contributed by atoms with Crippen molar-refractivity contribution >= 4 is 5.91 Å². The number of carbonyl (C=O) groups excluding carboxylic acids is 1. The Kier molecular flexibility index (Phi) is 5.78. The minimum Gasteiger partial charge on any atom is -0.377 e. The Hall–Kier alpha value is -2.25. The molecule has 1 aromatic carbocycles. The number of carbonyl (C=O) groups is 1. The fourth-order valence-electron chi connectivity index (χ4n) is 2.91. The van der Waals surface area contributed by atoms with E-state index < -0.39 is 0 Å². The fourth-order valence-corrected chi connectivity index (χ4v) is 2.91. The van der Waals surface area contributed by atoms with Gasteiger partial charge < -0.3 is 18.9 Å². The number of ether oxygens (including phenoxy) is 2. The van der Waals surface area contributed by atoms with E-state index in [4.69, 9.17) is 14.0 Å². The van der Waals surface area contributed by atoms with Gasteiger partial charge in [-0.2, -0.15) is 4.98 Å². The van der Waals surface area contributed by atoms with E-state index in [2.05, 4.69) is 17.1 Å². The van der Waals surface area contributed by atoms with Gasteiger partial charge in [-0.25, -0.2) is 0 Å². The van der Waals surface area contributed by atoms with Gasteiger partial charge in [0.15, 0.2) is 5.82 Å². The third-order valence-electron chi connectivity index (χ3n) is 4.18. The molecule has 0 spiro atoms. The lowest BCUT2D eigenvalue weighted by atomic mass is 10.1. The Labute approximate surface area is 146 Å². The zero-order chi connectivity index (χ0) is 17.6. The molecule has 0 bridgehead atoms. The molecule has 134 valence electrons. The summed E-state index contributed by atoms with van der Waals surface area (Å²) in [5.74, 6) is 0.788. The summed E-state index contributed by atoms with van der Waals surface area (Å²) in [5, 5.41) is 3.98. The van der Waals surface area contributed by atoms with Crippen LogP contribution in [0.1, 0.15) is 47.0 Å². The van der Waals surface area contributed by atoms with Gasteiger partial charge in [-0.1, -0.05) is 30.6 Å². The Balaban J connectivity index is 1.78. The molecule has 1 atom stereocenters. The number of aryl methyl sites for hydroxylation is 1. The molecule has 1 amide bonds. The number of aromatic nitrogens is 2. The molecule has 1 fully saturated rings. The molecule has 7 nitrogen and oxygen atoms in total. The number of benzene rings is 1. The molecule has 1 aliphatic rings. The third kappa shape index (κ3) is 4.05. The number of methoxy groups -OCH3 is 1. The Morgan fingerprint density at radius 2 is 2.16 bits per heavy atom. The standard InChI is InChI=1S/C18H23N3O4/c1-3-4-13-5-7-14(8-6-13)18(22)21-9-10-24-11-15(21)17-19-16(12-23-2)25-20-17/h5-8,15H,3-4,9-12H2,1-2H3/t15-/m0/s1. The zero-order valence-electron chi connectivity index (χ0n) is 14.6. The van der Waals surface area contributed by atoms with Crippen molar-refractivity contribution in [3.8, 4) is 0 Å². The molecular formula is C18H23N3O4. The quantitative estimate of drug-likeness (QED) is 0.800. The van der Waals surface area contributed by atoms with Gasteiger partial charge in [0.25, 0.3) is 11.8 Å². The average molecular weight is 345 g/mol. The number of morpholine rings is 1. The normalized spacial score (nSPS) is 17.7. The first-order chi connectivity index (χ1) is 12.2. The minimum atomic E-state index is -0.356. The maximum Gasteiger partial charge on any atom is 0.254 e. The molecule has 0 N–H and O–H groups in total. The number of nitrogens with zero attached hydrogens (tertiary/aromatic N) is 3. The van der Waals surface area contributed by atoms with E-state index in [0.717, 1.165) is 12.8 Å². The second-order valence-electron chi connectivity index (χ2n) is 6.02. The van der Waals surface area contributed by atoms with Crippen LogP contribution in [0.3, 0.4) is 0 Å². The maximum absolute atomic E-state index is 12.9. The minimum absolute atomic E-state index is 0.0468. The van der Waals surface area contributed by atoms with E-state index in [9.17, 15) is 4.79 Å². The largest absolute Gasteiger partial charge is 0.377 e. The predicted octanol–water partition coefficient (Wildman–Crippen LogP) is 2.38. The highest BCUT2D eigenvalue weighted by Gasteiger charge is 2.32. The van der Waals surface area contributed by atoms with Crippen molar-refractivity contribution in [2.45, 2.75) is 32.4 Å². The Morgan fingerprint density at radius 3 is 2.88 bits per heavy atom. The van der Waals surface area contributed by atoms with E-state index in [-0.39, 0.29) is 18.6 Å². The summed E-state index contributed by atoms with van der Waals surface area (Å²) >= 11 is 0. The lowest BCUT2D eigenvalue weighted by Gasteiger charge is -2.33. The van der Waals surface area contributed by atoms with Crippen LogP contribution in [0.25, 0.3) is 0 Å². The van der Waals surface area contributed by atoms with Crippen molar-refractivity contribution in [1.29, 1.82) is 0 Å². The smallest absolute Gasteiger partial charge is 0.254 e. The molecule has 1 aliphatic heterocycles. The Bertz CT molecular complexity index is 699. The fraction of sp³-hybridized carbons (Fsp3) is 0.500. The number of rotatable bonds is 6. The molecule has 1 saturated heterocycles. The van der Waals surface area contributed by atoms with Gasteiger partial charge in [0, 0.05) is 19.2 Å². The molecule has 0 unspecified atom stereocenters. The van der Waals surface area contributed by atoms with Gasteiger partial charge in [-0.3, -0.25) is 4.79 Å². The van der Waals surface area contributed by atoms with Crippen LogP contribution in [0.2, 0.25) is 0 Å². The van der Waals surface area contributed by atoms with E-state index in [0.29, 0.717) is 37.0 Å². The van der Waals surface area contributed by atoms with Crippen LogP contribution in [0.4, 0.5) is 0 Å². The summed E-state index contributed by atoms with van der Waals surface area (Å²) in [6.07, 6.45) is 2.10. The monoisotopic (exact) mass is 345 g/mol. The summed E-state index contributed by atoms with van der Waals surface area (Å²) in [4.78, 5) is 19.0. The second-order valence-corrected chi connectivity index (χ2v) is 6.02. The molecule has 7 heteroatoms. The zero-order valence-corrected chi connectivity index (χ0v) is 14.6. The number of hydrogen-bond donors (Lipinski definition) is 0. The lowest BCUT2D eigenvalue weighted by Crippen LogP contribution is -2.43. The molecule has 0 radical (unpaired) electrons. The van der Waals surface area contributed by atoms with Crippen LogP contribution in [0.15, 0.2) is 28.8 Å². The van der Waals surface area contributed by atoms with Gasteiger partial charge in [-0.15, -0.1) is 0 Å². The van der Waals surface area contributed by atoms with E-state index in [1.807, 2.05) is 24.3 Å². The van der Waals surface area contributed by atoms with E-state index in [1.54, 1.807) is 12.0 Å². The average Bonchev–Trinajstić information content (AvgIpc) is 3.11. The molecule has 3 rings (SSSR count). The highest BCUT2D eigenvalue weighted by Crippen LogP contribution is 2.24. The van der Waals surface area contributed by atoms with Crippen molar-refractivity contribution < 1.29 is 18.8 Å². The lowest BCUT2D eigenvalue weighted by molar-refractivity contribution is -0.00577. The van der Waals surface area contributed by atoms with Crippen molar-refractivity contribution in [1.82, 2.24) is 15.0 Å². The highest BCUT2D eigenvalue weighted by atomic mass is 16.5. The molecule has 25 heavy (non-hydrogen) atoms. The van der Waals surface area contributed by atoms with Crippen molar-refractivity contribution in [2.75, 3.05) is 26.9 Å². The van der Waals surface area contributed by atoms with E-state index in [1.165, 1.54) is 5.56 Å². The van der Waals surface area contributed by atoms with Crippen LogP contribution in [-0.2, 0) is 22.5 Å². The summed E-state index contributed by atoms with van der Waals surface area (Å²) < 4.78 is 15.7. The predicted molar refractivity (Wildman–Crippen MR) is 90.0 cm³/mol. The van der Waals surface area contributed by atoms with Gasteiger partial charge >= 0.3 is 0 Å². The Morgan fingerprint density at radius 1 is 1.36 bits per heavy atom. The summed E-state index contributed by atoms with van der Waals surface area (Å²) in [6.45, 7) is 3.73. The van der Waals surface area contributed by atoms with Gasteiger partial charge in [0.05, 0.1) is 13.2 Å². The molecule has 2 aromatic rings. The van der Waals surface area contributed by atoms with Crippen LogP contribution >= 0.6 is 0 Å². The van der Waals surface area contributed by atoms with Crippen molar-refractivity contribution in [3.63, 3.8) is 0 Å². The topological polar surface area (TPSA) is 77.7 Å². The highest BCUT2D eigenvalue weighted by molar-refractivity contribution is 5.94. The van der Waals surface area contributed by atoms with Gasteiger partial charge in [0.2, 0.25) is 0 Å². The first kappa shape index (κ1) is 17.6. The number of amides is 1. The molecule has 0 aliphatic carbocycles. The molecule has 1 aromatic heterocycles. The summed E-state index contributed by atoms with van der Waals surface area (Å²) in [7, 11) is 1.56. The third-order valence-corrected chi connectivity index (χ3v) is 4.18. The van der Waals surface area contributed by atoms with Gasteiger partial charge in [0.1, 0.15) is 12.6 Å². The SMILES string of the molecule is CCCc1ccc(C(=O)N2CCOC[C@H]2c2noc(COC)n2)cc1. The van der Waals surface area contributed by atoms with Crippen LogP contribution < -0.4 is 0 Å². The first-order valence-corrected chi connectivity index (χ1v) is 8.52. The molecule has 0 saturated carbocycles. The van der Waals surface area contributed by atoms with Crippen LogP contribution in [0.5, 0.6) is 0 Å². The van der Waals surface area contributed by atoms with Crippen LogP contribution in [-0.4, -0.2) is 47.8 Å². The second kappa shape index (κ2) is 8.22. The van der Waals surface area contributed by atoms with Gasteiger partial charge in [-0.05, 0) is 24.1 Å². The molecular weight excluding hydrogens is 322 g/mol. The van der Waals surface area contributed by atoms with Crippen molar-refractivity contribution in [2.24, 2.45) is 0 Å². The first-order valence-electron chi connectivity index (χ1n) is 8.52. The summed E-state index contributed by atoms with van der Waals surface area (Å²) in [5.41, 5.74) is 1.90. The molecule has 2 heterocycles. The van der Waals surface area contributed by atoms with Crippen LogP contribution in [0, 0.1) is 0 Å². The maximum atomic E-state index is 12.9. The van der Waals surface area contributed by atoms with Crippen molar-refractivity contribution in [3.05, 3.63) is 47.1 Å².